The van der Waals surface area contributed by atoms with Gasteiger partial charge in [-0.3, -0.25) is 0 Å². The van der Waals surface area contributed by atoms with E-state index >= 15 is 0 Å². The van der Waals surface area contributed by atoms with Gasteiger partial charge >= 0.3 is 0 Å². The Morgan fingerprint density at radius 2 is 1.71 bits per heavy atom. The molecular formula is C17H24N2O2. The van der Waals surface area contributed by atoms with Crippen LogP contribution in [0.3, 0.4) is 0 Å². The van der Waals surface area contributed by atoms with E-state index in [0.717, 1.165) is 30.2 Å². The first-order valence-electron chi connectivity index (χ1n) is 7.10. The van der Waals surface area contributed by atoms with E-state index in [4.69, 9.17) is 9.47 Å². The van der Waals surface area contributed by atoms with Crippen LogP contribution in [0, 0.1) is 13.8 Å². The Labute approximate surface area is 126 Å². The zero-order valence-corrected chi connectivity index (χ0v) is 13.5. The summed E-state index contributed by atoms with van der Waals surface area (Å²) in [6.45, 7) is 5.89. The fourth-order valence-electron chi connectivity index (χ4n) is 2.44. The number of hydrogen-bond donors (Lipinski definition) is 1. The van der Waals surface area contributed by atoms with E-state index in [0.29, 0.717) is 0 Å². The van der Waals surface area contributed by atoms with Crippen LogP contribution < -0.4 is 14.8 Å². The average Bonchev–Trinajstić information content (AvgIpc) is 2.75. The second kappa shape index (κ2) is 6.68. The van der Waals surface area contributed by atoms with Gasteiger partial charge in [-0.25, -0.2) is 0 Å². The molecule has 0 aliphatic rings. The van der Waals surface area contributed by atoms with E-state index in [-0.39, 0.29) is 0 Å². The molecular weight excluding hydrogens is 264 g/mol. The van der Waals surface area contributed by atoms with E-state index in [1.165, 1.54) is 17.0 Å². The molecule has 1 aromatic heterocycles. The summed E-state index contributed by atoms with van der Waals surface area (Å²) in [7, 11) is 5.44. The van der Waals surface area contributed by atoms with Gasteiger partial charge in [-0.2, -0.15) is 0 Å². The highest BCUT2D eigenvalue weighted by molar-refractivity contribution is 5.40. The molecule has 21 heavy (non-hydrogen) atoms. The molecule has 0 aliphatic carbocycles. The Morgan fingerprint density at radius 3 is 2.29 bits per heavy atom. The molecule has 0 bridgehead atoms. The van der Waals surface area contributed by atoms with Crippen LogP contribution in [-0.2, 0) is 20.1 Å². The largest absolute Gasteiger partial charge is 0.497 e. The van der Waals surface area contributed by atoms with Crippen molar-refractivity contribution in [3.8, 4) is 11.5 Å². The van der Waals surface area contributed by atoms with Crippen molar-refractivity contribution in [1.29, 1.82) is 0 Å². The maximum Gasteiger partial charge on any atom is 0.127 e. The Kier molecular flexibility index (Phi) is 4.91. The lowest BCUT2D eigenvalue weighted by molar-refractivity contribution is 0.390. The predicted octanol–water partition coefficient (Wildman–Crippen LogP) is 2.95. The van der Waals surface area contributed by atoms with Crippen LogP contribution in [0.4, 0.5) is 0 Å². The summed E-state index contributed by atoms with van der Waals surface area (Å²) in [6.07, 6.45) is 0. The summed E-state index contributed by atoms with van der Waals surface area (Å²) in [4.78, 5) is 0. The minimum absolute atomic E-state index is 0.764. The number of methoxy groups -OCH3 is 2. The molecule has 0 unspecified atom stereocenters. The van der Waals surface area contributed by atoms with E-state index in [1.54, 1.807) is 14.2 Å². The van der Waals surface area contributed by atoms with Crippen molar-refractivity contribution in [1.82, 2.24) is 9.88 Å². The lowest BCUT2D eigenvalue weighted by atomic mass is 10.1. The number of hydrogen-bond acceptors (Lipinski definition) is 3. The molecule has 1 N–H and O–H groups in total. The molecule has 0 amide bonds. The number of ether oxygens (including phenoxy) is 2. The molecule has 1 aromatic carbocycles. The summed E-state index contributed by atoms with van der Waals surface area (Å²) in [6, 6.07) is 8.13. The van der Waals surface area contributed by atoms with Crippen LogP contribution >= 0.6 is 0 Å². The van der Waals surface area contributed by atoms with Crippen molar-refractivity contribution in [3.05, 3.63) is 46.8 Å². The van der Waals surface area contributed by atoms with Crippen molar-refractivity contribution >= 4 is 0 Å². The summed E-state index contributed by atoms with van der Waals surface area (Å²) in [5.74, 6) is 1.66. The molecule has 0 spiro atoms. The van der Waals surface area contributed by atoms with Gasteiger partial charge < -0.3 is 19.4 Å². The van der Waals surface area contributed by atoms with E-state index in [9.17, 15) is 0 Å². The molecule has 4 nitrogen and oxygen atoms in total. The SMILES string of the molecule is COc1ccc(CNCc2cc(C)n(C)c2C)c(OC)c1. The Balaban J connectivity index is 2.01. The highest BCUT2D eigenvalue weighted by Gasteiger charge is 2.07. The average molecular weight is 288 g/mol. The van der Waals surface area contributed by atoms with E-state index in [2.05, 4.69) is 36.8 Å². The molecule has 0 aliphatic heterocycles. The quantitative estimate of drug-likeness (QED) is 0.887. The maximum atomic E-state index is 5.41. The third-order valence-corrected chi connectivity index (χ3v) is 4.01. The first-order chi connectivity index (χ1) is 10.1. The van der Waals surface area contributed by atoms with Gasteiger partial charge in [0, 0.05) is 43.2 Å². The van der Waals surface area contributed by atoms with Gasteiger partial charge in [0.05, 0.1) is 14.2 Å². The first kappa shape index (κ1) is 15.4. The fourth-order valence-corrected chi connectivity index (χ4v) is 2.44. The third kappa shape index (κ3) is 3.39. The maximum absolute atomic E-state index is 5.41. The summed E-state index contributed by atoms with van der Waals surface area (Å²) < 4.78 is 12.8. The highest BCUT2D eigenvalue weighted by Crippen LogP contribution is 2.24. The first-order valence-corrected chi connectivity index (χ1v) is 7.10. The Hall–Kier alpha value is -1.94. The number of aryl methyl sites for hydroxylation is 1. The number of nitrogens with zero attached hydrogens (tertiary/aromatic N) is 1. The topological polar surface area (TPSA) is 35.4 Å². The Bertz CT molecular complexity index is 617. The molecule has 0 saturated heterocycles. The smallest absolute Gasteiger partial charge is 0.127 e. The molecule has 2 rings (SSSR count). The zero-order valence-electron chi connectivity index (χ0n) is 13.5. The molecule has 4 heteroatoms. The second-order valence-corrected chi connectivity index (χ2v) is 5.24. The third-order valence-electron chi connectivity index (χ3n) is 4.01. The summed E-state index contributed by atoms with van der Waals surface area (Å²) in [5.41, 5.74) is 5.05. The Morgan fingerprint density at radius 1 is 1.00 bits per heavy atom. The van der Waals surface area contributed by atoms with Crippen molar-refractivity contribution in [3.63, 3.8) is 0 Å². The van der Waals surface area contributed by atoms with Gasteiger partial charge in [0.2, 0.25) is 0 Å². The van der Waals surface area contributed by atoms with Crippen molar-refractivity contribution in [2.75, 3.05) is 14.2 Å². The number of nitrogens with one attached hydrogen (secondary N) is 1. The summed E-state index contributed by atoms with van der Waals surface area (Å²) in [5, 5.41) is 3.48. The van der Waals surface area contributed by atoms with Crippen LogP contribution in [0.5, 0.6) is 11.5 Å². The lowest BCUT2D eigenvalue weighted by Crippen LogP contribution is -2.14. The minimum Gasteiger partial charge on any atom is -0.497 e. The summed E-state index contributed by atoms with van der Waals surface area (Å²) >= 11 is 0. The lowest BCUT2D eigenvalue weighted by Gasteiger charge is -2.11. The monoisotopic (exact) mass is 288 g/mol. The van der Waals surface area contributed by atoms with Gasteiger partial charge in [-0.15, -0.1) is 0 Å². The molecule has 0 atom stereocenters. The molecule has 0 fully saturated rings. The van der Waals surface area contributed by atoms with Gasteiger partial charge in [0.25, 0.3) is 0 Å². The molecule has 114 valence electrons. The standard InChI is InChI=1S/C17H24N2O2/c1-12-8-15(13(2)19(12)3)11-18-10-14-6-7-16(20-4)9-17(14)21-5/h6-9,18H,10-11H2,1-5H3. The minimum atomic E-state index is 0.764. The zero-order chi connectivity index (χ0) is 15.4. The normalized spacial score (nSPS) is 10.7. The second-order valence-electron chi connectivity index (χ2n) is 5.24. The number of rotatable bonds is 6. The van der Waals surface area contributed by atoms with E-state index < -0.39 is 0 Å². The molecule has 2 aromatic rings. The van der Waals surface area contributed by atoms with Gasteiger partial charge in [-0.05, 0) is 31.5 Å². The van der Waals surface area contributed by atoms with Gasteiger partial charge in [0.15, 0.2) is 0 Å². The van der Waals surface area contributed by atoms with Crippen LogP contribution in [0.15, 0.2) is 24.3 Å². The molecule has 0 radical (unpaired) electrons. The van der Waals surface area contributed by atoms with Crippen LogP contribution in [0.2, 0.25) is 0 Å². The predicted molar refractivity (Wildman–Crippen MR) is 85.0 cm³/mol. The molecule has 1 heterocycles. The van der Waals surface area contributed by atoms with E-state index in [1.807, 2.05) is 18.2 Å². The van der Waals surface area contributed by atoms with Crippen LogP contribution in [-0.4, -0.2) is 18.8 Å². The van der Waals surface area contributed by atoms with Crippen molar-refractivity contribution in [2.24, 2.45) is 7.05 Å². The highest BCUT2D eigenvalue weighted by atomic mass is 16.5. The van der Waals surface area contributed by atoms with Crippen LogP contribution in [0.25, 0.3) is 0 Å². The number of aromatic nitrogens is 1. The molecule has 0 saturated carbocycles. The fraction of sp³-hybridized carbons (Fsp3) is 0.412. The van der Waals surface area contributed by atoms with Crippen molar-refractivity contribution in [2.45, 2.75) is 26.9 Å². The van der Waals surface area contributed by atoms with Gasteiger partial charge in [-0.1, -0.05) is 6.07 Å². The van der Waals surface area contributed by atoms with Gasteiger partial charge in [0.1, 0.15) is 11.5 Å². The van der Waals surface area contributed by atoms with Crippen LogP contribution in [0.1, 0.15) is 22.5 Å². The number of benzene rings is 1. The van der Waals surface area contributed by atoms with Crippen molar-refractivity contribution < 1.29 is 9.47 Å².